The van der Waals surface area contributed by atoms with E-state index in [9.17, 15) is 9.90 Å². The van der Waals surface area contributed by atoms with Gasteiger partial charge in [-0.1, -0.05) is 31.4 Å². The Bertz CT molecular complexity index is 698. The van der Waals surface area contributed by atoms with Crippen LogP contribution in [-0.4, -0.2) is 48.5 Å². The van der Waals surface area contributed by atoms with Crippen molar-refractivity contribution in [1.82, 2.24) is 4.90 Å². The monoisotopic (exact) mass is 527 g/mol. The molecule has 0 unspecified atom stereocenters. The van der Waals surface area contributed by atoms with Crippen molar-refractivity contribution in [3.8, 4) is 0 Å². The Labute approximate surface area is 194 Å². The molecule has 1 amide bonds. The zero-order chi connectivity index (χ0) is 21.3. The number of ether oxygens (including phenoxy) is 2. The number of allylic oxidation sites excluding steroid dienone is 1. The van der Waals surface area contributed by atoms with Gasteiger partial charge in [0, 0.05) is 41.7 Å². The van der Waals surface area contributed by atoms with Crippen molar-refractivity contribution in [2.75, 3.05) is 26.3 Å². The summed E-state index contributed by atoms with van der Waals surface area (Å²) in [5, 5.41) is 9.41. The number of amides is 1. The first-order valence-electron chi connectivity index (χ1n) is 11.3. The molecule has 0 saturated carbocycles. The van der Waals surface area contributed by atoms with E-state index in [1.165, 1.54) is 22.8 Å². The number of halogens is 1. The molecule has 0 aromatic heterocycles. The lowest BCUT2D eigenvalue weighted by molar-refractivity contribution is -0.170. The summed E-state index contributed by atoms with van der Waals surface area (Å²) in [5.74, 6) is 0.476. The summed E-state index contributed by atoms with van der Waals surface area (Å²) in [6, 6.07) is 8.44. The van der Waals surface area contributed by atoms with Crippen molar-refractivity contribution >= 4 is 28.5 Å². The SMILES string of the molecule is CCO[C@H]1OC(C(=O)N2CCCCCCC2)=C[C@@H](c2ccc(I)cc2)[C@@H]1CCCO. The van der Waals surface area contributed by atoms with Crippen molar-refractivity contribution in [2.45, 2.75) is 64.1 Å². The zero-order valence-electron chi connectivity index (χ0n) is 17.9. The van der Waals surface area contributed by atoms with Crippen molar-refractivity contribution < 1.29 is 19.4 Å². The number of benzene rings is 1. The zero-order valence-corrected chi connectivity index (χ0v) is 20.1. The molecule has 0 bridgehead atoms. The van der Waals surface area contributed by atoms with Crippen LogP contribution in [0.25, 0.3) is 0 Å². The fourth-order valence-corrected chi connectivity index (χ4v) is 4.79. The molecular weight excluding hydrogens is 493 g/mol. The van der Waals surface area contributed by atoms with Crippen molar-refractivity contribution in [3.63, 3.8) is 0 Å². The first-order valence-corrected chi connectivity index (χ1v) is 12.4. The Morgan fingerprint density at radius 1 is 1.17 bits per heavy atom. The second kappa shape index (κ2) is 12.1. The van der Waals surface area contributed by atoms with Gasteiger partial charge in [-0.05, 0) is 79.0 Å². The third kappa shape index (κ3) is 6.20. The van der Waals surface area contributed by atoms with Gasteiger partial charge < -0.3 is 19.5 Å². The molecule has 1 saturated heterocycles. The van der Waals surface area contributed by atoms with E-state index in [0.29, 0.717) is 18.8 Å². The molecule has 2 aliphatic rings. The summed E-state index contributed by atoms with van der Waals surface area (Å²) < 4.78 is 13.3. The van der Waals surface area contributed by atoms with Gasteiger partial charge in [0.1, 0.15) is 0 Å². The number of nitrogens with zero attached hydrogens (tertiary/aromatic N) is 1. The molecule has 1 fully saturated rings. The van der Waals surface area contributed by atoms with E-state index >= 15 is 0 Å². The molecular formula is C24H34INO4. The number of aliphatic hydroxyl groups excluding tert-OH is 1. The van der Waals surface area contributed by atoms with Crippen LogP contribution in [0.1, 0.15) is 63.4 Å². The van der Waals surface area contributed by atoms with Gasteiger partial charge in [-0.15, -0.1) is 0 Å². The summed E-state index contributed by atoms with van der Waals surface area (Å²) in [4.78, 5) is 15.3. The van der Waals surface area contributed by atoms with Crippen LogP contribution in [0, 0.1) is 9.49 Å². The third-order valence-corrected chi connectivity index (χ3v) is 6.74. The van der Waals surface area contributed by atoms with Crippen LogP contribution in [0.15, 0.2) is 36.1 Å². The van der Waals surface area contributed by atoms with Crippen molar-refractivity contribution in [1.29, 1.82) is 0 Å². The van der Waals surface area contributed by atoms with Gasteiger partial charge in [0.15, 0.2) is 5.76 Å². The highest BCUT2D eigenvalue weighted by atomic mass is 127. The topological polar surface area (TPSA) is 59.0 Å². The lowest BCUT2D eigenvalue weighted by atomic mass is 9.80. The van der Waals surface area contributed by atoms with Crippen LogP contribution in [0.4, 0.5) is 0 Å². The highest BCUT2D eigenvalue weighted by Gasteiger charge is 2.38. The van der Waals surface area contributed by atoms with Crippen molar-refractivity contribution in [2.24, 2.45) is 5.92 Å². The number of likely N-dealkylation sites (tertiary alicyclic amines) is 1. The van der Waals surface area contributed by atoms with E-state index in [0.717, 1.165) is 37.9 Å². The molecule has 3 atom stereocenters. The molecule has 6 heteroatoms. The Morgan fingerprint density at radius 2 is 1.83 bits per heavy atom. The minimum absolute atomic E-state index is 0.0160. The van der Waals surface area contributed by atoms with Gasteiger partial charge in [-0.2, -0.15) is 0 Å². The standard InChI is InChI=1S/C24H34INO4/c1-2-29-24-20(9-8-16-27)21(18-10-12-19(25)13-11-18)17-22(30-24)23(28)26-14-6-4-3-5-7-15-26/h10-13,17,20-21,24,27H,2-9,14-16H2,1H3/t20-,21-,24-/m0/s1. The number of hydrogen-bond acceptors (Lipinski definition) is 4. The van der Waals surface area contributed by atoms with Crippen LogP contribution in [0.2, 0.25) is 0 Å². The van der Waals surface area contributed by atoms with Gasteiger partial charge in [0.25, 0.3) is 5.91 Å². The summed E-state index contributed by atoms with van der Waals surface area (Å²) in [6.45, 7) is 4.19. The first kappa shape index (κ1) is 23.5. The van der Waals surface area contributed by atoms with Gasteiger partial charge in [0.2, 0.25) is 6.29 Å². The fraction of sp³-hybridized carbons (Fsp3) is 0.625. The molecule has 30 heavy (non-hydrogen) atoms. The van der Waals surface area contributed by atoms with Crippen LogP contribution >= 0.6 is 22.6 Å². The third-order valence-electron chi connectivity index (χ3n) is 6.02. The summed E-state index contributed by atoms with van der Waals surface area (Å²) in [6.07, 6.45) is 8.70. The van der Waals surface area contributed by atoms with Gasteiger partial charge in [-0.3, -0.25) is 4.79 Å². The minimum Gasteiger partial charge on any atom is -0.459 e. The molecule has 1 aromatic rings. The van der Waals surface area contributed by atoms with E-state index in [1.807, 2.05) is 17.9 Å². The Morgan fingerprint density at radius 3 is 2.47 bits per heavy atom. The number of rotatable bonds is 7. The first-order chi connectivity index (χ1) is 14.6. The summed E-state index contributed by atoms with van der Waals surface area (Å²) in [7, 11) is 0. The van der Waals surface area contributed by atoms with Crippen LogP contribution in [-0.2, 0) is 14.3 Å². The highest BCUT2D eigenvalue weighted by molar-refractivity contribution is 14.1. The highest BCUT2D eigenvalue weighted by Crippen LogP contribution is 2.40. The molecule has 3 rings (SSSR count). The molecule has 0 radical (unpaired) electrons. The molecule has 0 aliphatic carbocycles. The molecule has 1 N–H and O–H groups in total. The maximum absolute atomic E-state index is 13.4. The molecule has 5 nitrogen and oxygen atoms in total. The van der Waals surface area contributed by atoms with Gasteiger partial charge >= 0.3 is 0 Å². The van der Waals surface area contributed by atoms with E-state index in [1.54, 1.807) is 0 Å². The quantitative estimate of drug-likeness (QED) is 0.516. The lowest BCUT2D eigenvalue weighted by Gasteiger charge is -2.38. The number of aliphatic hydroxyl groups is 1. The maximum Gasteiger partial charge on any atom is 0.288 e. The van der Waals surface area contributed by atoms with Crippen LogP contribution in [0.5, 0.6) is 0 Å². The Hall–Kier alpha value is -1.12. The van der Waals surface area contributed by atoms with Gasteiger partial charge in [0.05, 0.1) is 0 Å². The average molecular weight is 527 g/mol. The largest absolute Gasteiger partial charge is 0.459 e. The second-order valence-electron chi connectivity index (χ2n) is 8.14. The van der Waals surface area contributed by atoms with E-state index in [4.69, 9.17) is 9.47 Å². The lowest BCUT2D eigenvalue weighted by Crippen LogP contribution is -2.41. The molecule has 2 aliphatic heterocycles. The van der Waals surface area contributed by atoms with E-state index < -0.39 is 6.29 Å². The number of carbonyl (C=O) groups is 1. The fourth-order valence-electron chi connectivity index (χ4n) is 4.43. The Balaban J connectivity index is 1.90. The number of carbonyl (C=O) groups excluding carboxylic acids is 1. The Kier molecular flexibility index (Phi) is 9.46. The molecule has 1 aromatic carbocycles. The molecule has 166 valence electrons. The minimum atomic E-state index is -0.482. The predicted molar refractivity (Wildman–Crippen MR) is 126 cm³/mol. The van der Waals surface area contributed by atoms with Crippen LogP contribution in [0.3, 0.4) is 0 Å². The summed E-state index contributed by atoms with van der Waals surface area (Å²) in [5.41, 5.74) is 1.16. The number of hydrogen-bond donors (Lipinski definition) is 1. The molecule has 0 spiro atoms. The van der Waals surface area contributed by atoms with Gasteiger partial charge in [-0.25, -0.2) is 0 Å². The maximum atomic E-state index is 13.4. The predicted octanol–water partition coefficient (Wildman–Crippen LogP) is 4.83. The molecule has 2 heterocycles. The van der Waals surface area contributed by atoms with Crippen molar-refractivity contribution in [3.05, 3.63) is 45.2 Å². The normalized spacial score (nSPS) is 25.1. The van der Waals surface area contributed by atoms with E-state index in [2.05, 4.69) is 46.9 Å². The smallest absolute Gasteiger partial charge is 0.288 e. The second-order valence-corrected chi connectivity index (χ2v) is 9.39. The summed E-state index contributed by atoms with van der Waals surface area (Å²) >= 11 is 2.30. The average Bonchev–Trinajstić information content (AvgIpc) is 2.72. The van der Waals surface area contributed by atoms with E-state index in [-0.39, 0.29) is 24.3 Å². The van der Waals surface area contributed by atoms with Crippen LogP contribution < -0.4 is 0 Å².